The van der Waals surface area contributed by atoms with Crippen molar-refractivity contribution >= 4 is 17.3 Å². The van der Waals surface area contributed by atoms with E-state index in [1.807, 2.05) is 0 Å². The number of hydrogen-bond donors (Lipinski definition) is 1. The first-order valence-corrected chi connectivity index (χ1v) is 5.09. The summed E-state index contributed by atoms with van der Waals surface area (Å²) in [6.45, 7) is 0.960. The number of non-ortho nitro benzene ring substituents is 1. The molecule has 1 atom stereocenters. The van der Waals surface area contributed by atoms with Gasteiger partial charge in [-0.1, -0.05) is 0 Å². The minimum Gasteiger partial charge on any atom is -0.479 e. The van der Waals surface area contributed by atoms with E-state index in [-0.39, 0.29) is 12.2 Å². The van der Waals surface area contributed by atoms with Crippen molar-refractivity contribution in [2.75, 3.05) is 0 Å². The molecule has 0 radical (unpaired) electrons. The predicted molar refractivity (Wildman–Crippen MR) is 61.6 cm³/mol. The maximum absolute atomic E-state index is 10.8. The number of hydrogen-bond acceptors (Lipinski definition) is 6. The van der Waals surface area contributed by atoms with Gasteiger partial charge in [-0.15, -0.1) is 0 Å². The molecule has 0 aliphatic heterocycles. The van der Waals surface area contributed by atoms with Gasteiger partial charge in [0.05, 0.1) is 28.1 Å². The smallest absolute Gasteiger partial charge is 0.332 e. The third-order valence-corrected chi connectivity index (χ3v) is 2.31. The van der Waals surface area contributed by atoms with Crippen LogP contribution in [-0.4, -0.2) is 27.0 Å². The normalized spacial score (nSPS) is 11.8. The van der Waals surface area contributed by atoms with Crippen molar-refractivity contribution in [2.24, 2.45) is 0 Å². The van der Waals surface area contributed by atoms with Crippen molar-refractivity contribution in [3.05, 3.63) is 44.0 Å². The van der Waals surface area contributed by atoms with Gasteiger partial charge in [-0.3, -0.25) is 20.2 Å². The predicted octanol–water partition coefficient (Wildman–Crippen LogP) is 1.49. The molecule has 19 heavy (non-hydrogen) atoms. The van der Waals surface area contributed by atoms with E-state index in [9.17, 15) is 25.0 Å². The number of benzene rings is 1. The van der Waals surface area contributed by atoms with Crippen molar-refractivity contribution in [1.29, 1.82) is 0 Å². The van der Waals surface area contributed by atoms with Crippen LogP contribution in [0.3, 0.4) is 0 Å². The molecule has 0 fully saturated rings. The Morgan fingerprint density at radius 3 is 2.47 bits per heavy atom. The minimum absolute atomic E-state index is 0.0729. The Bertz CT molecular complexity index is 529. The molecule has 1 N–H and O–H groups in total. The lowest BCUT2D eigenvalue weighted by molar-refractivity contribution is -0.394. The molecule has 0 aromatic heterocycles. The Morgan fingerprint density at radius 1 is 1.37 bits per heavy atom. The van der Waals surface area contributed by atoms with Gasteiger partial charge in [0.1, 0.15) is 0 Å². The molecule has 0 aliphatic carbocycles. The van der Waals surface area contributed by atoms with Gasteiger partial charge in [0.2, 0.25) is 0 Å². The second-order valence-corrected chi connectivity index (χ2v) is 3.62. The first-order valence-electron chi connectivity index (χ1n) is 5.09. The summed E-state index contributed by atoms with van der Waals surface area (Å²) in [5.74, 6) is -1.20. The van der Waals surface area contributed by atoms with Crippen molar-refractivity contribution in [2.45, 2.75) is 19.6 Å². The second-order valence-electron chi connectivity index (χ2n) is 3.62. The number of carboxylic acid groups (broad SMARTS) is 1. The largest absolute Gasteiger partial charge is 0.479 e. The van der Waals surface area contributed by atoms with E-state index in [1.54, 1.807) is 0 Å². The zero-order valence-electron chi connectivity index (χ0n) is 9.81. The fourth-order valence-electron chi connectivity index (χ4n) is 1.24. The number of carbonyl (C=O) groups is 1. The van der Waals surface area contributed by atoms with Crippen LogP contribution in [0.15, 0.2) is 18.2 Å². The number of nitro groups is 2. The Balaban J connectivity index is 2.97. The second kappa shape index (κ2) is 5.87. The lowest BCUT2D eigenvalue weighted by Gasteiger charge is -2.08. The topological polar surface area (TPSA) is 133 Å². The number of carboxylic acids is 1. The summed E-state index contributed by atoms with van der Waals surface area (Å²) in [6.07, 6.45) is -1.13. The SMILES string of the molecule is C[C@@H](OCc1ccc([N+](=O)[O-])cc1[N+](=O)[O-])C(=O)O. The number of aliphatic carboxylic acids is 1. The maximum atomic E-state index is 10.8. The van der Waals surface area contributed by atoms with E-state index in [2.05, 4.69) is 0 Å². The fourth-order valence-corrected chi connectivity index (χ4v) is 1.24. The van der Waals surface area contributed by atoms with Crippen molar-refractivity contribution < 1.29 is 24.5 Å². The standard InChI is InChI=1S/C10H10N2O7/c1-6(10(13)14)19-5-7-2-3-8(11(15)16)4-9(7)12(17)18/h2-4,6H,5H2,1H3,(H,13,14)/t6-/m1/s1. The van der Waals surface area contributed by atoms with Gasteiger partial charge in [0.25, 0.3) is 11.4 Å². The van der Waals surface area contributed by atoms with Crippen LogP contribution in [0.2, 0.25) is 0 Å². The van der Waals surface area contributed by atoms with Gasteiger partial charge in [0.15, 0.2) is 6.10 Å². The summed E-state index contributed by atoms with van der Waals surface area (Å²) >= 11 is 0. The van der Waals surface area contributed by atoms with Gasteiger partial charge in [-0.25, -0.2) is 4.79 Å². The molecule has 1 aromatic rings. The third-order valence-electron chi connectivity index (χ3n) is 2.31. The van der Waals surface area contributed by atoms with E-state index >= 15 is 0 Å². The summed E-state index contributed by atoms with van der Waals surface area (Å²) in [7, 11) is 0. The molecule has 1 rings (SSSR count). The molecule has 0 heterocycles. The van der Waals surface area contributed by atoms with Crippen LogP contribution in [-0.2, 0) is 16.1 Å². The third kappa shape index (κ3) is 3.71. The van der Waals surface area contributed by atoms with Crippen LogP contribution in [0.4, 0.5) is 11.4 Å². The molecule has 0 saturated heterocycles. The van der Waals surface area contributed by atoms with Crippen LogP contribution in [0.25, 0.3) is 0 Å². The van der Waals surface area contributed by atoms with Gasteiger partial charge in [-0.2, -0.15) is 0 Å². The molecule has 9 heteroatoms. The highest BCUT2D eigenvalue weighted by molar-refractivity contribution is 5.71. The van der Waals surface area contributed by atoms with Crippen LogP contribution in [0.5, 0.6) is 0 Å². The summed E-state index contributed by atoms with van der Waals surface area (Å²) < 4.78 is 4.91. The van der Waals surface area contributed by atoms with Crippen LogP contribution in [0, 0.1) is 20.2 Å². The summed E-state index contributed by atoms with van der Waals surface area (Å²) in [5.41, 5.74) is -0.822. The van der Waals surface area contributed by atoms with Crippen LogP contribution >= 0.6 is 0 Å². The van der Waals surface area contributed by atoms with E-state index in [0.717, 1.165) is 12.1 Å². The maximum Gasteiger partial charge on any atom is 0.332 e. The van der Waals surface area contributed by atoms with Gasteiger partial charge in [0, 0.05) is 6.07 Å². The Morgan fingerprint density at radius 2 is 2.00 bits per heavy atom. The highest BCUT2D eigenvalue weighted by atomic mass is 16.6. The summed E-state index contributed by atoms with van der Waals surface area (Å²) in [4.78, 5) is 30.3. The molecular formula is C10H10N2O7. The van der Waals surface area contributed by atoms with Gasteiger partial charge < -0.3 is 9.84 Å². The average Bonchev–Trinajstić information content (AvgIpc) is 2.35. The quantitative estimate of drug-likeness (QED) is 0.611. The fraction of sp³-hybridized carbons (Fsp3) is 0.300. The number of nitro benzene ring substituents is 2. The first kappa shape index (κ1) is 14.5. The molecule has 0 spiro atoms. The molecule has 1 aromatic carbocycles. The highest BCUT2D eigenvalue weighted by Crippen LogP contribution is 2.25. The molecule has 9 nitrogen and oxygen atoms in total. The summed E-state index contributed by atoms with van der Waals surface area (Å²) in [5, 5.41) is 29.9. The molecule has 0 bridgehead atoms. The monoisotopic (exact) mass is 270 g/mol. The van der Waals surface area contributed by atoms with Gasteiger partial charge >= 0.3 is 5.97 Å². The van der Waals surface area contributed by atoms with Crippen molar-refractivity contribution in [3.63, 3.8) is 0 Å². The van der Waals surface area contributed by atoms with E-state index in [1.165, 1.54) is 13.0 Å². The molecule has 102 valence electrons. The lowest BCUT2D eigenvalue weighted by Crippen LogP contribution is -2.19. The van der Waals surface area contributed by atoms with Crippen molar-refractivity contribution in [1.82, 2.24) is 0 Å². The van der Waals surface area contributed by atoms with Crippen LogP contribution in [0.1, 0.15) is 12.5 Å². The van der Waals surface area contributed by atoms with E-state index < -0.39 is 33.3 Å². The van der Waals surface area contributed by atoms with Crippen LogP contribution < -0.4 is 0 Å². The summed E-state index contributed by atoms with van der Waals surface area (Å²) in [6, 6.07) is 3.08. The number of ether oxygens (including phenoxy) is 1. The molecule has 0 amide bonds. The number of nitrogens with zero attached hydrogens (tertiary/aromatic N) is 2. The lowest BCUT2D eigenvalue weighted by atomic mass is 10.1. The van der Waals surface area contributed by atoms with Crippen molar-refractivity contribution in [3.8, 4) is 0 Å². The molecule has 0 aliphatic rings. The minimum atomic E-state index is -1.20. The Hall–Kier alpha value is -2.55. The zero-order chi connectivity index (χ0) is 14.6. The molecular weight excluding hydrogens is 260 g/mol. The Labute approximate surface area is 106 Å². The highest BCUT2D eigenvalue weighted by Gasteiger charge is 2.21. The van der Waals surface area contributed by atoms with Gasteiger partial charge in [-0.05, 0) is 13.0 Å². The zero-order valence-corrected chi connectivity index (χ0v) is 9.81. The molecule has 0 unspecified atom stereocenters. The van der Waals surface area contributed by atoms with E-state index in [4.69, 9.17) is 9.84 Å². The Kier molecular flexibility index (Phi) is 4.48. The molecule has 0 saturated carbocycles. The average molecular weight is 270 g/mol. The number of rotatable bonds is 6. The van der Waals surface area contributed by atoms with E-state index in [0.29, 0.717) is 0 Å². The first-order chi connectivity index (χ1) is 8.82.